The molecule has 4 unspecified atom stereocenters. The first-order chi connectivity index (χ1) is 9.54. The second-order valence-electron chi connectivity index (χ2n) is 7.29. The standard InChI is InChI=1S/C15H31NO3S2/c1-6-16-13-8-7-12(15(2,3)4)11-14(13)20(17)9-10-21(5,18)19/h12-14,16H,6-11H2,1-5H3. The zero-order chi connectivity index (χ0) is 16.3. The Balaban J connectivity index is 2.77. The zero-order valence-electron chi connectivity index (χ0n) is 14.0. The highest BCUT2D eigenvalue weighted by Crippen LogP contribution is 2.39. The van der Waals surface area contributed by atoms with Crippen LogP contribution in [-0.4, -0.2) is 48.2 Å². The highest BCUT2D eigenvalue weighted by molar-refractivity contribution is 7.92. The largest absolute Gasteiger partial charge is 0.313 e. The molecule has 1 aliphatic carbocycles. The third kappa shape index (κ3) is 6.37. The average Bonchev–Trinajstić information content (AvgIpc) is 2.34. The van der Waals surface area contributed by atoms with Gasteiger partial charge in [0, 0.05) is 28.9 Å². The van der Waals surface area contributed by atoms with E-state index in [9.17, 15) is 12.6 Å². The summed E-state index contributed by atoms with van der Waals surface area (Å²) in [4.78, 5) is 0. The third-order valence-electron chi connectivity index (χ3n) is 4.48. The van der Waals surface area contributed by atoms with Crippen LogP contribution in [0.4, 0.5) is 0 Å². The van der Waals surface area contributed by atoms with E-state index in [0.717, 1.165) is 25.8 Å². The van der Waals surface area contributed by atoms with Gasteiger partial charge >= 0.3 is 0 Å². The minimum atomic E-state index is -3.04. The molecule has 0 amide bonds. The Morgan fingerprint density at radius 1 is 1.24 bits per heavy atom. The Morgan fingerprint density at radius 2 is 1.86 bits per heavy atom. The van der Waals surface area contributed by atoms with Gasteiger partial charge in [0.05, 0.1) is 11.0 Å². The second kappa shape index (κ2) is 7.55. The van der Waals surface area contributed by atoms with Crippen LogP contribution in [0, 0.1) is 11.3 Å². The van der Waals surface area contributed by atoms with Gasteiger partial charge in [-0.1, -0.05) is 27.7 Å². The van der Waals surface area contributed by atoms with Gasteiger partial charge in [-0.25, -0.2) is 8.42 Å². The van der Waals surface area contributed by atoms with E-state index in [1.54, 1.807) is 0 Å². The molecule has 1 saturated carbocycles. The van der Waals surface area contributed by atoms with Gasteiger partial charge in [0.2, 0.25) is 0 Å². The summed E-state index contributed by atoms with van der Waals surface area (Å²) in [5, 5.41) is 3.52. The summed E-state index contributed by atoms with van der Waals surface area (Å²) in [5.74, 6) is 0.844. The summed E-state index contributed by atoms with van der Waals surface area (Å²) >= 11 is 0. The Bertz CT molecular complexity index is 454. The van der Waals surface area contributed by atoms with E-state index in [-0.39, 0.29) is 28.2 Å². The molecule has 126 valence electrons. The van der Waals surface area contributed by atoms with Crippen molar-refractivity contribution in [1.29, 1.82) is 0 Å². The van der Waals surface area contributed by atoms with Gasteiger partial charge in [0.15, 0.2) is 0 Å². The number of nitrogens with one attached hydrogen (secondary N) is 1. The van der Waals surface area contributed by atoms with Gasteiger partial charge in [-0.3, -0.25) is 4.21 Å². The second-order valence-corrected chi connectivity index (χ2v) is 11.3. The van der Waals surface area contributed by atoms with Crippen molar-refractivity contribution in [3.63, 3.8) is 0 Å². The molecule has 1 aliphatic rings. The lowest BCUT2D eigenvalue weighted by Crippen LogP contribution is -2.48. The van der Waals surface area contributed by atoms with Crippen LogP contribution in [-0.2, 0) is 20.6 Å². The van der Waals surface area contributed by atoms with Crippen LogP contribution in [0.2, 0.25) is 0 Å². The van der Waals surface area contributed by atoms with Gasteiger partial charge in [-0.05, 0) is 37.1 Å². The highest BCUT2D eigenvalue weighted by atomic mass is 32.2. The fourth-order valence-electron chi connectivity index (χ4n) is 3.09. The van der Waals surface area contributed by atoms with Crippen molar-refractivity contribution < 1.29 is 12.6 Å². The Kier molecular flexibility index (Phi) is 6.87. The molecule has 0 aliphatic heterocycles. The lowest BCUT2D eigenvalue weighted by Gasteiger charge is -2.41. The Morgan fingerprint density at radius 3 is 2.33 bits per heavy atom. The molecule has 0 bridgehead atoms. The third-order valence-corrected chi connectivity index (χ3v) is 7.48. The molecule has 21 heavy (non-hydrogen) atoms. The van der Waals surface area contributed by atoms with Gasteiger partial charge in [-0.15, -0.1) is 0 Å². The number of hydrogen-bond donors (Lipinski definition) is 1. The Labute approximate surface area is 132 Å². The predicted octanol–water partition coefficient (Wildman–Crippen LogP) is 1.97. The summed E-state index contributed by atoms with van der Waals surface area (Å²) < 4.78 is 35.2. The molecule has 1 fully saturated rings. The average molecular weight is 338 g/mol. The molecule has 0 aromatic heterocycles. The molecular formula is C15H31NO3S2. The summed E-state index contributed by atoms with van der Waals surface area (Å²) in [5.41, 5.74) is 0.219. The smallest absolute Gasteiger partial charge is 0.148 e. The molecule has 0 spiro atoms. The van der Waals surface area contributed by atoms with Crippen molar-refractivity contribution in [3.05, 3.63) is 0 Å². The molecule has 0 aromatic rings. The summed E-state index contributed by atoms with van der Waals surface area (Å²) in [6.45, 7) is 9.64. The van der Waals surface area contributed by atoms with E-state index in [1.807, 2.05) is 0 Å². The maximum Gasteiger partial charge on any atom is 0.148 e. The predicted molar refractivity (Wildman–Crippen MR) is 90.8 cm³/mol. The van der Waals surface area contributed by atoms with Crippen LogP contribution in [0.5, 0.6) is 0 Å². The van der Waals surface area contributed by atoms with Gasteiger partial charge < -0.3 is 5.32 Å². The van der Waals surface area contributed by atoms with E-state index in [0.29, 0.717) is 5.92 Å². The van der Waals surface area contributed by atoms with Crippen molar-refractivity contribution in [2.75, 3.05) is 24.3 Å². The minimum Gasteiger partial charge on any atom is -0.313 e. The van der Waals surface area contributed by atoms with Crippen molar-refractivity contribution in [3.8, 4) is 0 Å². The summed E-state index contributed by atoms with van der Waals surface area (Å²) in [7, 11) is -4.12. The topological polar surface area (TPSA) is 63.2 Å². The molecule has 0 radical (unpaired) electrons. The van der Waals surface area contributed by atoms with E-state index >= 15 is 0 Å². The van der Waals surface area contributed by atoms with Crippen LogP contribution in [0.3, 0.4) is 0 Å². The highest BCUT2D eigenvalue weighted by Gasteiger charge is 2.38. The van der Waals surface area contributed by atoms with E-state index < -0.39 is 20.6 Å². The quantitative estimate of drug-likeness (QED) is 0.805. The minimum absolute atomic E-state index is 0.0230. The van der Waals surface area contributed by atoms with Crippen LogP contribution in [0.15, 0.2) is 0 Å². The molecule has 0 aromatic carbocycles. The fraction of sp³-hybridized carbons (Fsp3) is 1.00. The molecular weight excluding hydrogens is 306 g/mol. The van der Waals surface area contributed by atoms with Crippen molar-refractivity contribution in [1.82, 2.24) is 5.32 Å². The van der Waals surface area contributed by atoms with Crippen LogP contribution in [0.1, 0.15) is 47.0 Å². The first kappa shape index (κ1) is 19.1. The SMILES string of the molecule is CCNC1CCC(C(C)(C)C)CC1S(=O)CCS(C)(=O)=O. The maximum atomic E-state index is 12.6. The molecule has 1 N–H and O–H groups in total. The molecule has 6 heteroatoms. The lowest BCUT2D eigenvalue weighted by atomic mass is 9.71. The summed E-state index contributed by atoms with van der Waals surface area (Å²) in [6.07, 6.45) is 4.33. The summed E-state index contributed by atoms with van der Waals surface area (Å²) in [6, 6.07) is 0.258. The van der Waals surface area contributed by atoms with Gasteiger partial charge in [0.25, 0.3) is 0 Å². The first-order valence-electron chi connectivity index (χ1n) is 7.83. The van der Waals surface area contributed by atoms with Crippen LogP contribution < -0.4 is 5.32 Å². The molecule has 4 atom stereocenters. The normalized spacial score (nSPS) is 29.3. The number of rotatable bonds is 6. The van der Waals surface area contributed by atoms with Crippen LogP contribution in [0.25, 0.3) is 0 Å². The molecule has 4 nitrogen and oxygen atoms in total. The van der Waals surface area contributed by atoms with E-state index in [2.05, 4.69) is 33.0 Å². The lowest BCUT2D eigenvalue weighted by molar-refractivity contribution is 0.164. The molecule has 0 saturated heterocycles. The zero-order valence-corrected chi connectivity index (χ0v) is 15.6. The fourth-order valence-corrected chi connectivity index (χ4v) is 6.30. The van der Waals surface area contributed by atoms with Crippen molar-refractivity contribution in [2.24, 2.45) is 11.3 Å². The maximum absolute atomic E-state index is 12.6. The van der Waals surface area contributed by atoms with Gasteiger partial charge in [0.1, 0.15) is 9.84 Å². The monoisotopic (exact) mass is 337 g/mol. The Hall–Kier alpha value is 0.0600. The van der Waals surface area contributed by atoms with Crippen molar-refractivity contribution in [2.45, 2.75) is 58.2 Å². The first-order valence-corrected chi connectivity index (χ1v) is 11.3. The molecule has 0 heterocycles. The number of sulfone groups is 1. The van der Waals surface area contributed by atoms with Crippen molar-refractivity contribution >= 4 is 20.6 Å². The number of hydrogen-bond acceptors (Lipinski definition) is 4. The van der Waals surface area contributed by atoms with E-state index in [1.165, 1.54) is 6.26 Å². The molecule has 1 rings (SSSR count). The van der Waals surface area contributed by atoms with E-state index in [4.69, 9.17) is 0 Å². The van der Waals surface area contributed by atoms with Crippen LogP contribution >= 0.6 is 0 Å². The van der Waals surface area contributed by atoms with Gasteiger partial charge in [-0.2, -0.15) is 0 Å².